The van der Waals surface area contributed by atoms with Gasteiger partial charge in [0, 0.05) is 11.4 Å². The molecule has 0 aliphatic rings. The molecule has 2 nitrogen and oxygen atoms in total. The molecule has 1 heterocycles. The molecule has 1 N–H and O–H groups in total. The normalized spacial score (nSPS) is 9.91. The van der Waals surface area contributed by atoms with E-state index in [4.69, 9.17) is 0 Å². The van der Waals surface area contributed by atoms with Crippen molar-refractivity contribution in [2.75, 3.05) is 6.54 Å². The minimum absolute atomic E-state index is 0.442. The van der Waals surface area contributed by atoms with E-state index in [1.807, 2.05) is 0 Å². The molecule has 11 heavy (non-hydrogen) atoms. The van der Waals surface area contributed by atoms with Crippen LogP contribution in [0.4, 0.5) is 0 Å². The fourth-order valence-electron chi connectivity index (χ4n) is 0.830. The average Bonchev–Trinajstić information content (AvgIpc) is 2.37. The van der Waals surface area contributed by atoms with Crippen LogP contribution in [0.5, 0.6) is 0 Å². The molecule has 3 heteroatoms. The Kier molecular flexibility index (Phi) is 3.26. The summed E-state index contributed by atoms with van der Waals surface area (Å²) in [6, 6.07) is 2.09. The summed E-state index contributed by atoms with van der Waals surface area (Å²) in [5, 5.41) is 5.08. The summed E-state index contributed by atoms with van der Waals surface area (Å²) < 4.78 is 0. The SMILES string of the molecule is Cc1ccsc1CNCC=O. The smallest absolute Gasteiger partial charge is 0.133 e. The number of rotatable bonds is 4. The lowest BCUT2D eigenvalue weighted by molar-refractivity contribution is -0.107. The molecular weight excluding hydrogens is 158 g/mol. The maximum absolute atomic E-state index is 9.96. The zero-order chi connectivity index (χ0) is 8.10. The molecule has 0 atom stereocenters. The van der Waals surface area contributed by atoms with Crippen LogP contribution in [0.2, 0.25) is 0 Å². The predicted octanol–water partition coefficient (Wildman–Crippen LogP) is 1.35. The van der Waals surface area contributed by atoms with Crippen molar-refractivity contribution in [2.24, 2.45) is 0 Å². The first-order chi connectivity index (χ1) is 5.34. The standard InChI is InChI=1S/C8H11NOS/c1-7-2-5-11-8(7)6-9-3-4-10/h2,4-5,9H,3,6H2,1H3. The topological polar surface area (TPSA) is 29.1 Å². The first-order valence-electron chi connectivity index (χ1n) is 3.52. The molecule has 0 fully saturated rings. The molecule has 0 aliphatic heterocycles. The summed E-state index contributed by atoms with van der Waals surface area (Å²) in [5.74, 6) is 0. The second kappa shape index (κ2) is 4.26. The zero-order valence-corrected chi connectivity index (χ0v) is 7.28. The largest absolute Gasteiger partial charge is 0.305 e. The third-order valence-electron chi connectivity index (χ3n) is 1.48. The summed E-state index contributed by atoms with van der Waals surface area (Å²) in [4.78, 5) is 11.3. The van der Waals surface area contributed by atoms with Gasteiger partial charge in [0.2, 0.25) is 0 Å². The van der Waals surface area contributed by atoms with E-state index >= 15 is 0 Å². The van der Waals surface area contributed by atoms with Crippen LogP contribution in [0.25, 0.3) is 0 Å². The van der Waals surface area contributed by atoms with Crippen LogP contribution in [0.3, 0.4) is 0 Å². The van der Waals surface area contributed by atoms with Crippen LogP contribution < -0.4 is 5.32 Å². The van der Waals surface area contributed by atoms with Gasteiger partial charge in [-0.05, 0) is 23.9 Å². The highest BCUT2D eigenvalue weighted by atomic mass is 32.1. The van der Waals surface area contributed by atoms with Crippen molar-refractivity contribution in [3.05, 3.63) is 21.9 Å². The number of hydrogen-bond acceptors (Lipinski definition) is 3. The zero-order valence-electron chi connectivity index (χ0n) is 6.46. The number of carbonyl (C=O) groups is 1. The van der Waals surface area contributed by atoms with E-state index in [1.54, 1.807) is 11.3 Å². The van der Waals surface area contributed by atoms with E-state index in [-0.39, 0.29) is 0 Å². The summed E-state index contributed by atoms with van der Waals surface area (Å²) in [5.41, 5.74) is 1.30. The maximum atomic E-state index is 9.96. The van der Waals surface area contributed by atoms with E-state index in [0.29, 0.717) is 6.54 Å². The van der Waals surface area contributed by atoms with Gasteiger partial charge in [0.15, 0.2) is 0 Å². The quantitative estimate of drug-likeness (QED) is 0.544. The highest BCUT2D eigenvalue weighted by Gasteiger charge is 1.96. The highest BCUT2D eigenvalue weighted by molar-refractivity contribution is 7.10. The molecule has 0 unspecified atom stereocenters. The summed E-state index contributed by atoms with van der Waals surface area (Å²) >= 11 is 1.72. The van der Waals surface area contributed by atoms with Crippen molar-refractivity contribution in [2.45, 2.75) is 13.5 Å². The Labute approximate surface area is 70.2 Å². The number of nitrogens with one attached hydrogen (secondary N) is 1. The lowest BCUT2D eigenvalue weighted by Gasteiger charge is -1.97. The van der Waals surface area contributed by atoms with Crippen LogP contribution in [0.1, 0.15) is 10.4 Å². The van der Waals surface area contributed by atoms with E-state index < -0.39 is 0 Å². The van der Waals surface area contributed by atoms with Crippen LogP contribution in [-0.4, -0.2) is 12.8 Å². The van der Waals surface area contributed by atoms with Gasteiger partial charge < -0.3 is 10.1 Å². The highest BCUT2D eigenvalue weighted by Crippen LogP contribution is 2.14. The van der Waals surface area contributed by atoms with Crippen molar-refractivity contribution in [1.82, 2.24) is 5.32 Å². The number of hydrogen-bond donors (Lipinski definition) is 1. The Balaban J connectivity index is 2.38. The van der Waals surface area contributed by atoms with Gasteiger partial charge >= 0.3 is 0 Å². The molecule has 0 saturated carbocycles. The Morgan fingerprint density at radius 2 is 2.55 bits per heavy atom. The van der Waals surface area contributed by atoms with Crippen molar-refractivity contribution >= 4 is 17.6 Å². The first-order valence-corrected chi connectivity index (χ1v) is 4.40. The summed E-state index contributed by atoms with van der Waals surface area (Å²) in [6.45, 7) is 3.33. The van der Waals surface area contributed by atoms with Crippen LogP contribution in [-0.2, 0) is 11.3 Å². The monoisotopic (exact) mass is 169 g/mol. The summed E-state index contributed by atoms with van der Waals surface area (Å²) in [7, 11) is 0. The maximum Gasteiger partial charge on any atom is 0.133 e. The van der Waals surface area contributed by atoms with E-state index in [2.05, 4.69) is 23.7 Å². The number of thiophene rings is 1. The van der Waals surface area contributed by atoms with Crippen molar-refractivity contribution in [1.29, 1.82) is 0 Å². The molecule has 1 rings (SSSR count). The molecule has 1 aromatic heterocycles. The fourth-order valence-corrected chi connectivity index (χ4v) is 1.71. The van der Waals surface area contributed by atoms with Gasteiger partial charge in [-0.15, -0.1) is 11.3 Å². The molecular formula is C8H11NOS. The van der Waals surface area contributed by atoms with Gasteiger partial charge in [-0.2, -0.15) is 0 Å². The van der Waals surface area contributed by atoms with Crippen LogP contribution >= 0.6 is 11.3 Å². The van der Waals surface area contributed by atoms with Crippen molar-refractivity contribution < 1.29 is 4.79 Å². The number of aldehydes is 1. The van der Waals surface area contributed by atoms with Crippen LogP contribution in [0, 0.1) is 6.92 Å². The predicted molar refractivity (Wildman–Crippen MR) is 46.8 cm³/mol. The van der Waals surface area contributed by atoms with Crippen LogP contribution in [0.15, 0.2) is 11.4 Å². The van der Waals surface area contributed by atoms with Crippen molar-refractivity contribution in [3.8, 4) is 0 Å². The molecule has 0 aliphatic carbocycles. The van der Waals surface area contributed by atoms with Gasteiger partial charge in [-0.3, -0.25) is 0 Å². The minimum atomic E-state index is 0.442. The second-order valence-corrected chi connectivity index (χ2v) is 3.33. The van der Waals surface area contributed by atoms with Gasteiger partial charge in [-0.1, -0.05) is 0 Å². The minimum Gasteiger partial charge on any atom is -0.305 e. The number of aryl methyl sites for hydroxylation is 1. The van der Waals surface area contributed by atoms with E-state index in [1.165, 1.54) is 10.4 Å². The average molecular weight is 169 g/mol. The van der Waals surface area contributed by atoms with Gasteiger partial charge in [0.25, 0.3) is 0 Å². The molecule has 0 bridgehead atoms. The van der Waals surface area contributed by atoms with E-state index in [9.17, 15) is 4.79 Å². The Morgan fingerprint density at radius 1 is 1.73 bits per heavy atom. The molecule has 0 amide bonds. The molecule has 0 aromatic carbocycles. The molecule has 0 saturated heterocycles. The Bertz CT molecular complexity index is 232. The molecule has 0 spiro atoms. The third kappa shape index (κ3) is 2.44. The molecule has 0 radical (unpaired) electrons. The van der Waals surface area contributed by atoms with Gasteiger partial charge in [0.05, 0.1) is 6.54 Å². The summed E-state index contributed by atoms with van der Waals surface area (Å²) in [6.07, 6.45) is 0.878. The van der Waals surface area contributed by atoms with Gasteiger partial charge in [-0.25, -0.2) is 0 Å². The number of carbonyl (C=O) groups excluding carboxylic acids is 1. The lowest BCUT2D eigenvalue weighted by Crippen LogP contribution is -2.14. The third-order valence-corrected chi connectivity index (χ3v) is 2.50. The fraction of sp³-hybridized carbons (Fsp3) is 0.375. The van der Waals surface area contributed by atoms with E-state index in [0.717, 1.165) is 12.8 Å². The lowest BCUT2D eigenvalue weighted by atomic mass is 10.3. The van der Waals surface area contributed by atoms with Crippen molar-refractivity contribution in [3.63, 3.8) is 0 Å². The Morgan fingerprint density at radius 3 is 3.09 bits per heavy atom. The van der Waals surface area contributed by atoms with Gasteiger partial charge in [0.1, 0.15) is 6.29 Å². The second-order valence-electron chi connectivity index (χ2n) is 2.32. The molecule has 1 aromatic rings. The molecule has 60 valence electrons. The first kappa shape index (κ1) is 8.43. The Hall–Kier alpha value is -0.670.